The zero-order valence-corrected chi connectivity index (χ0v) is 10.5. The van der Waals surface area contributed by atoms with E-state index in [4.69, 9.17) is 5.73 Å². The van der Waals surface area contributed by atoms with E-state index in [0.29, 0.717) is 18.2 Å². The molecule has 1 aliphatic rings. The first-order valence-electron chi connectivity index (χ1n) is 6.19. The Morgan fingerprint density at radius 1 is 1.61 bits per heavy atom. The van der Waals surface area contributed by atoms with Crippen LogP contribution in [0.2, 0.25) is 0 Å². The van der Waals surface area contributed by atoms with E-state index in [1.807, 2.05) is 0 Å². The molecule has 2 unspecified atom stereocenters. The maximum Gasteiger partial charge on any atom is 0.387 e. The third kappa shape index (κ3) is 2.43. The summed E-state index contributed by atoms with van der Waals surface area (Å²) >= 11 is 0. The predicted molar refractivity (Wildman–Crippen MR) is 69.5 cm³/mol. The van der Waals surface area contributed by atoms with Gasteiger partial charge in [-0.3, -0.25) is 0 Å². The van der Waals surface area contributed by atoms with Gasteiger partial charge in [0.25, 0.3) is 0 Å². The summed E-state index contributed by atoms with van der Waals surface area (Å²) in [5, 5.41) is 11.0. The molecule has 0 saturated carbocycles. The van der Waals surface area contributed by atoms with Crippen molar-refractivity contribution in [3.63, 3.8) is 0 Å². The van der Waals surface area contributed by atoms with Crippen LogP contribution in [-0.4, -0.2) is 29.0 Å². The molecule has 1 aromatic rings. The van der Waals surface area contributed by atoms with Gasteiger partial charge in [-0.15, -0.1) is 0 Å². The first-order valence-corrected chi connectivity index (χ1v) is 6.19. The molecule has 2 N–H and O–H groups in total. The molecular formula is C12H18N4O2. The average molecular weight is 250 g/mol. The Hall–Kier alpha value is -1.69. The van der Waals surface area contributed by atoms with Crippen molar-refractivity contribution in [2.75, 3.05) is 18.0 Å². The molecule has 1 saturated heterocycles. The first kappa shape index (κ1) is 12.8. The van der Waals surface area contributed by atoms with Crippen molar-refractivity contribution < 1.29 is 4.92 Å². The van der Waals surface area contributed by atoms with Crippen LogP contribution in [0.15, 0.2) is 18.3 Å². The molecule has 1 fully saturated rings. The van der Waals surface area contributed by atoms with Crippen molar-refractivity contribution in [1.82, 2.24) is 4.98 Å². The van der Waals surface area contributed by atoms with Crippen LogP contribution in [0.1, 0.15) is 19.8 Å². The molecule has 0 aromatic carbocycles. The number of pyridine rings is 1. The molecule has 1 aliphatic heterocycles. The number of piperidine rings is 1. The Morgan fingerprint density at radius 3 is 3.06 bits per heavy atom. The summed E-state index contributed by atoms with van der Waals surface area (Å²) in [6, 6.07) is 3.79. The van der Waals surface area contributed by atoms with Crippen LogP contribution >= 0.6 is 0 Å². The Morgan fingerprint density at radius 2 is 2.39 bits per heavy atom. The summed E-state index contributed by atoms with van der Waals surface area (Å²) in [5.41, 5.74) is 6.32. The predicted octanol–water partition coefficient (Wildman–Crippen LogP) is 1.55. The van der Waals surface area contributed by atoms with E-state index in [2.05, 4.69) is 16.8 Å². The van der Waals surface area contributed by atoms with E-state index in [9.17, 15) is 10.1 Å². The number of anilines is 1. The van der Waals surface area contributed by atoms with Crippen molar-refractivity contribution in [2.24, 2.45) is 11.7 Å². The number of nitro groups is 1. The van der Waals surface area contributed by atoms with Crippen LogP contribution < -0.4 is 10.6 Å². The first-order chi connectivity index (χ1) is 8.63. The van der Waals surface area contributed by atoms with E-state index in [1.54, 1.807) is 12.1 Å². The van der Waals surface area contributed by atoms with Gasteiger partial charge in [-0.25, -0.2) is 0 Å². The fourth-order valence-electron chi connectivity index (χ4n) is 2.46. The van der Waals surface area contributed by atoms with Gasteiger partial charge in [0.2, 0.25) is 0 Å². The quantitative estimate of drug-likeness (QED) is 0.650. The Labute approximate surface area is 106 Å². The standard InChI is InChI=1S/C12H18N4O2/c1-9-4-5-10(7-13)8-15(9)11-3-2-6-14-12(11)16(17)18/h2-3,6,9-10H,4-5,7-8,13H2,1H3. The van der Waals surface area contributed by atoms with Gasteiger partial charge in [-0.1, -0.05) is 0 Å². The minimum atomic E-state index is -0.423. The van der Waals surface area contributed by atoms with Crippen molar-refractivity contribution in [2.45, 2.75) is 25.8 Å². The molecule has 1 aromatic heterocycles. The topological polar surface area (TPSA) is 85.3 Å². The van der Waals surface area contributed by atoms with Crippen LogP contribution in [0.4, 0.5) is 11.5 Å². The number of hydrogen-bond acceptors (Lipinski definition) is 5. The second-order valence-electron chi connectivity index (χ2n) is 4.78. The third-order valence-corrected chi connectivity index (χ3v) is 3.56. The largest absolute Gasteiger partial charge is 0.387 e. The highest BCUT2D eigenvalue weighted by Crippen LogP contribution is 2.32. The molecule has 2 atom stereocenters. The van der Waals surface area contributed by atoms with Crippen LogP contribution in [0, 0.1) is 16.0 Å². The minimum Gasteiger partial charge on any atom is -0.362 e. The van der Waals surface area contributed by atoms with Gasteiger partial charge in [0, 0.05) is 12.6 Å². The summed E-state index contributed by atoms with van der Waals surface area (Å²) in [7, 11) is 0. The van der Waals surface area contributed by atoms with Gasteiger partial charge in [-0.05, 0) is 54.3 Å². The highest BCUT2D eigenvalue weighted by atomic mass is 16.6. The Balaban J connectivity index is 2.31. The van der Waals surface area contributed by atoms with Gasteiger partial charge in [0.15, 0.2) is 0 Å². The molecular weight excluding hydrogens is 232 g/mol. The molecule has 2 heterocycles. The fourth-order valence-corrected chi connectivity index (χ4v) is 2.46. The van der Waals surface area contributed by atoms with Crippen LogP contribution in [0.5, 0.6) is 0 Å². The van der Waals surface area contributed by atoms with E-state index in [-0.39, 0.29) is 11.9 Å². The monoisotopic (exact) mass is 250 g/mol. The zero-order chi connectivity index (χ0) is 13.1. The molecule has 98 valence electrons. The molecule has 6 nitrogen and oxygen atoms in total. The average Bonchev–Trinajstić information content (AvgIpc) is 2.39. The molecule has 2 rings (SSSR count). The lowest BCUT2D eigenvalue weighted by atomic mass is 9.93. The lowest BCUT2D eigenvalue weighted by Crippen LogP contribution is -2.44. The van der Waals surface area contributed by atoms with Gasteiger partial charge < -0.3 is 20.7 Å². The van der Waals surface area contributed by atoms with E-state index < -0.39 is 4.92 Å². The molecule has 0 spiro atoms. The van der Waals surface area contributed by atoms with Crippen molar-refractivity contribution in [3.05, 3.63) is 28.4 Å². The second-order valence-corrected chi connectivity index (χ2v) is 4.78. The minimum absolute atomic E-state index is 0.0676. The van der Waals surface area contributed by atoms with Gasteiger partial charge in [0.05, 0.1) is 0 Å². The maximum atomic E-state index is 11.0. The van der Waals surface area contributed by atoms with E-state index in [1.165, 1.54) is 6.20 Å². The van der Waals surface area contributed by atoms with Crippen LogP contribution in [0.3, 0.4) is 0 Å². The third-order valence-electron chi connectivity index (χ3n) is 3.56. The van der Waals surface area contributed by atoms with Gasteiger partial charge in [-0.2, -0.15) is 0 Å². The molecule has 6 heteroatoms. The molecule has 18 heavy (non-hydrogen) atoms. The van der Waals surface area contributed by atoms with Gasteiger partial charge in [0.1, 0.15) is 11.9 Å². The lowest BCUT2D eigenvalue weighted by molar-refractivity contribution is -0.388. The molecule has 0 bridgehead atoms. The summed E-state index contributed by atoms with van der Waals surface area (Å²) in [5.74, 6) is 0.336. The summed E-state index contributed by atoms with van der Waals surface area (Å²) in [4.78, 5) is 16.5. The van der Waals surface area contributed by atoms with E-state index >= 15 is 0 Å². The maximum absolute atomic E-state index is 11.0. The summed E-state index contributed by atoms with van der Waals surface area (Å²) in [6.07, 6.45) is 3.55. The van der Waals surface area contributed by atoms with Crippen molar-refractivity contribution in [1.29, 1.82) is 0 Å². The Bertz CT molecular complexity index is 438. The SMILES string of the molecule is CC1CCC(CN)CN1c1cccnc1[N+](=O)[O-]. The van der Waals surface area contributed by atoms with Crippen molar-refractivity contribution in [3.8, 4) is 0 Å². The summed E-state index contributed by atoms with van der Waals surface area (Å²) in [6.45, 7) is 3.48. The number of nitrogens with two attached hydrogens (primary N) is 1. The molecule has 0 radical (unpaired) electrons. The summed E-state index contributed by atoms with van der Waals surface area (Å²) < 4.78 is 0. The molecule has 0 aliphatic carbocycles. The Kier molecular flexibility index (Phi) is 3.76. The molecule has 0 amide bonds. The number of aromatic nitrogens is 1. The number of hydrogen-bond donors (Lipinski definition) is 1. The van der Waals surface area contributed by atoms with Crippen molar-refractivity contribution >= 4 is 11.5 Å². The number of nitrogens with zero attached hydrogens (tertiary/aromatic N) is 3. The smallest absolute Gasteiger partial charge is 0.362 e. The zero-order valence-electron chi connectivity index (χ0n) is 10.5. The lowest BCUT2D eigenvalue weighted by Gasteiger charge is -2.38. The fraction of sp³-hybridized carbons (Fsp3) is 0.583. The van der Waals surface area contributed by atoms with Crippen LogP contribution in [-0.2, 0) is 0 Å². The van der Waals surface area contributed by atoms with E-state index in [0.717, 1.165) is 19.4 Å². The normalized spacial score (nSPS) is 24.0. The second kappa shape index (κ2) is 5.30. The highest BCUT2D eigenvalue weighted by molar-refractivity contribution is 5.59. The van der Waals surface area contributed by atoms with Crippen LogP contribution in [0.25, 0.3) is 0 Å². The van der Waals surface area contributed by atoms with Gasteiger partial charge >= 0.3 is 5.82 Å². The highest BCUT2D eigenvalue weighted by Gasteiger charge is 2.29. The number of rotatable bonds is 3.